The maximum absolute atomic E-state index is 5.80. The lowest BCUT2D eigenvalue weighted by Gasteiger charge is -2.09. The second-order valence-corrected chi connectivity index (χ2v) is 5.61. The molecule has 2 heterocycles. The topological polar surface area (TPSA) is 28.3 Å². The van der Waals surface area contributed by atoms with Crippen LogP contribution >= 0.6 is 0 Å². The molecule has 0 saturated heterocycles. The lowest BCUT2D eigenvalue weighted by atomic mass is 10.2. The molecule has 0 unspecified atom stereocenters. The van der Waals surface area contributed by atoms with Crippen LogP contribution in [0.25, 0.3) is 21.8 Å². The standard InChI is InChI=1S/C18H17BN2O2/c1-20-15-9-5-3-7-13(15)11-17(20)22-19-23-18-12-14-8-4-6-10-16(14)21(18)2/h3-12,19H,1-2H3. The van der Waals surface area contributed by atoms with Crippen LogP contribution in [0.2, 0.25) is 0 Å². The zero-order valence-corrected chi connectivity index (χ0v) is 13.2. The summed E-state index contributed by atoms with van der Waals surface area (Å²) in [5.41, 5.74) is 2.29. The summed E-state index contributed by atoms with van der Waals surface area (Å²) in [6.45, 7) is 0. The van der Waals surface area contributed by atoms with Crippen molar-refractivity contribution in [3.63, 3.8) is 0 Å². The van der Waals surface area contributed by atoms with Crippen molar-refractivity contribution in [3.05, 3.63) is 60.7 Å². The van der Waals surface area contributed by atoms with Gasteiger partial charge in [0.15, 0.2) is 11.8 Å². The maximum atomic E-state index is 5.80. The van der Waals surface area contributed by atoms with E-state index in [-0.39, 0.29) is 7.69 Å². The number of aryl methyl sites for hydroxylation is 2. The van der Waals surface area contributed by atoms with Gasteiger partial charge >= 0.3 is 7.69 Å². The monoisotopic (exact) mass is 304 g/mol. The quantitative estimate of drug-likeness (QED) is 0.541. The third-order valence-electron chi connectivity index (χ3n) is 4.23. The maximum Gasteiger partial charge on any atom is 0.578 e. The minimum atomic E-state index is 0.175. The van der Waals surface area contributed by atoms with Crippen LogP contribution in [-0.4, -0.2) is 16.8 Å². The van der Waals surface area contributed by atoms with Gasteiger partial charge in [-0.25, -0.2) is 0 Å². The Labute approximate surface area is 135 Å². The lowest BCUT2D eigenvalue weighted by molar-refractivity contribution is 0.422. The SMILES string of the molecule is Cn1c(OBOc2cc3ccccc3n2C)cc2ccccc21. The van der Waals surface area contributed by atoms with Gasteiger partial charge in [0.25, 0.3) is 0 Å². The highest BCUT2D eigenvalue weighted by molar-refractivity contribution is 6.20. The number of rotatable bonds is 4. The molecule has 2 aromatic carbocycles. The smallest absolute Gasteiger partial charge is 0.516 e. The molecule has 0 aliphatic carbocycles. The Bertz CT molecular complexity index is 907. The summed E-state index contributed by atoms with van der Waals surface area (Å²) < 4.78 is 15.7. The average Bonchev–Trinajstić information content (AvgIpc) is 3.07. The van der Waals surface area contributed by atoms with Crippen LogP contribution in [0.5, 0.6) is 11.8 Å². The van der Waals surface area contributed by atoms with E-state index >= 15 is 0 Å². The van der Waals surface area contributed by atoms with Gasteiger partial charge in [0.1, 0.15) is 0 Å². The summed E-state index contributed by atoms with van der Waals surface area (Å²) in [4.78, 5) is 0. The summed E-state index contributed by atoms with van der Waals surface area (Å²) in [5, 5.41) is 2.32. The predicted octanol–water partition coefficient (Wildman–Crippen LogP) is 3.39. The van der Waals surface area contributed by atoms with Crippen LogP contribution in [0.3, 0.4) is 0 Å². The molecule has 0 spiro atoms. The fourth-order valence-corrected chi connectivity index (χ4v) is 2.95. The van der Waals surface area contributed by atoms with E-state index < -0.39 is 0 Å². The summed E-state index contributed by atoms with van der Waals surface area (Å²) in [6.07, 6.45) is 0. The van der Waals surface area contributed by atoms with Crippen LogP contribution in [0.1, 0.15) is 0 Å². The molecule has 0 amide bonds. The lowest BCUT2D eigenvalue weighted by Crippen LogP contribution is -2.14. The van der Waals surface area contributed by atoms with Crippen molar-refractivity contribution in [2.75, 3.05) is 0 Å². The van der Waals surface area contributed by atoms with Gasteiger partial charge in [0.2, 0.25) is 0 Å². The molecular formula is C18H17BN2O2. The van der Waals surface area contributed by atoms with Crippen molar-refractivity contribution in [1.29, 1.82) is 0 Å². The van der Waals surface area contributed by atoms with Crippen molar-refractivity contribution in [1.82, 2.24) is 9.13 Å². The molecule has 0 saturated carbocycles. The predicted molar refractivity (Wildman–Crippen MR) is 94.2 cm³/mol. The highest BCUT2D eigenvalue weighted by Crippen LogP contribution is 2.25. The summed E-state index contributed by atoms with van der Waals surface area (Å²) in [6, 6.07) is 20.5. The van der Waals surface area contributed by atoms with Gasteiger partial charge in [-0.15, -0.1) is 0 Å². The van der Waals surface area contributed by atoms with E-state index in [9.17, 15) is 0 Å². The molecule has 5 heteroatoms. The van der Waals surface area contributed by atoms with Crippen molar-refractivity contribution < 1.29 is 9.31 Å². The highest BCUT2D eigenvalue weighted by Gasteiger charge is 2.10. The van der Waals surface area contributed by atoms with E-state index in [1.807, 2.05) is 59.6 Å². The van der Waals surface area contributed by atoms with E-state index in [1.54, 1.807) is 0 Å². The molecule has 0 N–H and O–H groups in total. The minimum absolute atomic E-state index is 0.175. The number of fused-ring (bicyclic) bond motifs is 2. The Kier molecular flexibility index (Phi) is 3.26. The molecule has 0 atom stereocenters. The Hall–Kier alpha value is -2.82. The number of benzene rings is 2. The first kappa shape index (κ1) is 13.8. The average molecular weight is 304 g/mol. The third kappa shape index (κ3) is 2.34. The summed E-state index contributed by atoms with van der Waals surface area (Å²) >= 11 is 0. The molecule has 0 radical (unpaired) electrons. The molecule has 4 rings (SSSR count). The molecule has 114 valence electrons. The minimum Gasteiger partial charge on any atom is -0.516 e. The fourth-order valence-electron chi connectivity index (χ4n) is 2.95. The highest BCUT2D eigenvalue weighted by atomic mass is 16.6. The van der Waals surface area contributed by atoms with E-state index in [1.165, 1.54) is 0 Å². The molecule has 4 aromatic rings. The Morgan fingerprint density at radius 1 is 0.696 bits per heavy atom. The van der Waals surface area contributed by atoms with Crippen LogP contribution < -0.4 is 9.31 Å². The molecule has 2 aromatic heterocycles. The Balaban J connectivity index is 1.52. The van der Waals surface area contributed by atoms with Gasteiger partial charge < -0.3 is 18.4 Å². The molecular weight excluding hydrogens is 287 g/mol. The molecule has 23 heavy (non-hydrogen) atoms. The van der Waals surface area contributed by atoms with Crippen LogP contribution in [0.15, 0.2) is 60.7 Å². The summed E-state index contributed by atoms with van der Waals surface area (Å²) in [7, 11) is 4.16. The van der Waals surface area contributed by atoms with E-state index in [2.05, 4.69) is 24.3 Å². The first-order valence-corrected chi connectivity index (χ1v) is 7.58. The number of hydrogen-bond donors (Lipinski definition) is 0. The third-order valence-corrected chi connectivity index (χ3v) is 4.23. The number of nitrogens with zero attached hydrogens (tertiary/aromatic N) is 2. The van der Waals surface area contributed by atoms with Gasteiger partial charge in [-0.05, 0) is 12.1 Å². The fraction of sp³-hybridized carbons (Fsp3) is 0.111. The van der Waals surface area contributed by atoms with Crippen LogP contribution in [-0.2, 0) is 14.1 Å². The van der Waals surface area contributed by atoms with E-state index in [0.29, 0.717) is 0 Å². The van der Waals surface area contributed by atoms with Crippen molar-refractivity contribution in [3.8, 4) is 11.8 Å². The van der Waals surface area contributed by atoms with Crippen molar-refractivity contribution in [2.24, 2.45) is 14.1 Å². The largest absolute Gasteiger partial charge is 0.578 e. The van der Waals surface area contributed by atoms with Crippen molar-refractivity contribution in [2.45, 2.75) is 0 Å². The number of hydrogen-bond acceptors (Lipinski definition) is 2. The normalized spacial score (nSPS) is 11.0. The molecule has 0 bridgehead atoms. The number of para-hydroxylation sites is 2. The van der Waals surface area contributed by atoms with Gasteiger partial charge in [0.05, 0.1) is 11.0 Å². The van der Waals surface area contributed by atoms with Gasteiger partial charge in [-0.2, -0.15) is 0 Å². The first-order valence-electron chi connectivity index (χ1n) is 7.58. The Morgan fingerprint density at radius 2 is 1.13 bits per heavy atom. The van der Waals surface area contributed by atoms with Gasteiger partial charge in [-0.3, -0.25) is 0 Å². The Morgan fingerprint density at radius 3 is 1.57 bits per heavy atom. The molecule has 0 aliphatic rings. The second kappa shape index (κ2) is 5.43. The summed E-state index contributed by atoms with van der Waals surface area (Å²) in [5.74, 6) is 1.59. The number of aromatic nitrogens is 2. The second-order valence-electron chi connectivity index (χ2n) is 5.61. The van der Waals surface area contributed by atoms with Gasteiger partial charge in [0, 0.05) is 37.0 Å². The molecule has 4 nitrogen and oxygen atoms in total. The molecule has 0 fully saturated rings. The van der Waals surface area contributed by atoms with E-state index in [4.69, 9.17) is 9.31 Å². The zero-order valence-electron chi connectivity index (χ0n) is 13.2. The van der Waals surface area contributed by atoms with Crippen LogP contribution in [0, 0.1) is 0 Å². The van der Waals surface area contributed by atoms with Gasteiger partial charge in [-0.1, -0.05) is 36.4 Å². The zero-order chi connectivity index (χ0) is 15.8. The first-order chi connectivity index (χ1) is 11.2. The van der Waals surface area contributed by atoms with E-state index in [0.717, 1.165) is 33.6 Å². The van der Waals surface area contributed by atoms with Crippen LogP contribution in [0.4, 0.5) is 0 Å². The molecule has 0 aliphatic heterocycles. The van der Waals surface area contributed by atoms with Crippen molar-refractivity contribution >= 4 is 29.5 Å².